The van der Waals surface area contributed by atoms with Gasteiger partial charge in [-0.25, -0.2) is 4.98 Å². The van der Waals surface area contributed by atoms with E-state index in [0.29, 0.717) is 22.5 Å². The quantitative estimate of drug-likeness (QED) is 0.406. The molecule has 0 aliphatic heterocycles. The van der Waals surface area contributed by atoms with Crippen molar-refractivity contribution in [3.05, 3.63) is 51.4 Å². The highest BCUT2D eigenvalue weighted by Gasteiger charge is 2.03. The highest BCUT2D eigenvalue weighted by atomic mass is 35.5. The van der Waals surface area contributed by atoms with Crippen LogP contribution in [-0.4, -0.2) is 28.1 Å². The zero-order valence-corrected chi connectivity index (χ0v) is 15.3. The smallest absolute Gasteiger partial charge is 0.251 e. The van der Waals surface area contributed by atoms with Crippen LogP contribution in [0.15, 0.2) is 40.3 Å². The van der Waals surface area contributed by atoms with E-state index in [-0.39, 0.29) is 5.56 Å². The van der Waals surface area contributed by atoms with Gasteiger partial charge in [0.15, 0.2) is 5.16 Å². The van der Waals surface area contributed by atoms with Crippen molar-refractivity contribution in [2.24, 2.45) is 0 Å². The molecule has 2 aromatic rings. The van der Waals surface area contributed by atoms with Crippen LogP contribution in [0.3, 0.4) is 0 Å². The Labute approximate surface area is 149 Å². The van der Waals surface area contributed by atoms with Gasteiger partial charge in [0, 0.05) is 22.6 Å². The van der Waals surface area contributed by atoms with Crippen LogP contribution < -0.4 is 10.3 Å². The first kappa shape index (κ1) is 18.2. The van der Waals surface area contributed by atoms with Gasteiger partial charge in [-0.05, 0) is 36.4 Å². The van der Waals surface area contributed by atoms with Gasteiger partial charge in [0.1, 0.15) is 5.75 Å². The van der Waals surface area contributed by atoms with E-state index in [1.54, 1.807) is 30.0 Å². The maximum absolute atomic E-state index is 11.7. The van der Waals surface area contributed by atoms with Crippen molar-refractivity contribution < 1.29 is 4.74 Å². The highest BCUT2D eigenvalue weighted by Crippen LogP contribution is 2.17. The second-order valence-corrected chi connectivity index (χ2v) is 7.37. The summed E-state index contributed by atoms with van der Waals surface area (Å²) in [5, 5.41) is 1.33. The molecule has 1 aromatic heterocycles. The van der Waals surface area contributed by atoms with Gasteiger partial charge in [-0.15, -0.1) is 0 Å². The summed E-state index contributed by atoms with van der Waals surface area (Å²) < 4.78 is 5.62. The number of thioether (sulfide) groups is 2. The van der Waals surface area contributed by atoms with Gasteiger partial charge < -0.3 is 9.72 Å². The largest absolute Gasteiger partial charge is 0.493 e. The second kappa shape index (κ2) is 9.90. The standard InChI is InChI=1S/C16H19ClN2O2S2/c1-2-8-22-11-13-10-15(20)19-16(18-13)23-9-7-21-14-5-3-12(17)4-6-14/h3-6,10H,2,7-9,11H2,1H3,(H,18,19,20). The Balaban J connectivity index is 1.80. The van der Waals surface area contributed by atoms with Crippen molar-refractivity contribution in [3.63, 3.8) is 0 Å². The van der Waals surface area contributed by atoms with E-state index in [1.165, 1.54) is 11.8 Å². The second-order valence-electron chi connectivity index (χ2n) is 4.75. The summed E-state index contributed by atoms with van der Waals surface area (Å²) in [5.41, 5.74) is 0.724. The number of hydrogen-bond donors (Lipinski definition) is 1. The minimum Gasteiger partial charge on any atom is -0.493 e. The minimum absolute atomic E-state index is 0.104. The molecule has 0 aliphatic carbocycles. The third-order valence-electron chi connectivity index (χ3n) is 2.78. The van der Waals surface area contributed by atoms with Crippen LogP contribution in [0.1, 0.15) is 19.0 Å². The van der Waals surface area contributed by atoms with Gasteiger partial charge in [-0.1, -0.05) is 30.3 Å². The van der Waals surface area contributed by atoms with Crippen LogP contribution >= 0.6 is 35.1 Å². The molecule has 0 fully saturated rings. The lowest BCUT2D eigenvalue weighted by Gasteiger charge is -2.06. The van der Waals surface area contributed by atoms with Gasteiger partial charge in [0.05, 0.1) is 12.3 Å². The van der Waals surface area contributed by atoms with Crippen LogP contribution in [0.2, 0.25) is 5.02 Å². The number of nitrogens with zero attached hydrogens (tertiary/aromatic N) is 1. The molecular formula is C16H19ClN2O2S2. The molecule has 0 saturated heterocycles. The Kier molecular flexibility index (Phi) is 7.85. The number of rotatable bonds is 9. The third-order valence-corrected chi connectivity index (χ3v) is 5.06. The molecule has 4 nitrogen and oxygen atoms in total. The van der Waals surface area contributed by atoms with Crippen molar-refractivity contribution in [2.75, 3.05) is 18.1 Å². The first-order chi connectivity index (χ1) is 11.2. The molecule has 1 aromatic carbocycles. The Morgan fingerprint density at radius 3 is 2.78 bits per heavy atom. The summed E-state index contributed by atoms with van der Waals surface area (Å²) in [5.74, 6) is 3.33. The van der Waals surface area contributed by atoms with E-state index in [1.807, 2.05) is 12.1 Å². The summed E-state index contributed by atoms with van der Waals surface area (Å²) in [7, 11) is 0. The van der Waals surface area contributed by atoms with Gasteiger partial charge in [0.25, 0.3) is 5.56 Å². The molecule has 0 aliphatic rings. The fourth-order valence-electron chi connectivity index (χ4n) is 1.78. The average molecular weight is 371 g/mol. The predicted octanol–water partition coefficient (Wildman–Crippen LogP) is 4.24. The molecule has 0 atom stereocenters. The Morgan fingerprint density at radius 1 is 1.26 bits per heavy atom. The van der Waals surface area contributed by atoms with Crippen molar-refractivity contribution in [1.82, 2.24) is 9.97 Å². The van der Waals surface area contributed by atoms with E-state index < -0.39 is 0 Å². The van der Waals surface area contributed by atoms with Crippen molar-refractivity contribution in [3.8, 4) is 5.75 Å². The molecule has 1 N–H and O–H groups in total. The number of benzene rings is 1. The van der Waals surface area contributed by atoms with Gasteiger partial charge in [0.2, 0.25) is 0 Å². The zero-order valence-electron chi connectivity index (χ0n) is 12.9. The van der Waals surface area contributed by atoms with Crippen LogP contribution in [0.25, 0.3) is 0 Å². The molecule has 0 bridgehead atoms. The fourth-order valence-corrected chi connectivity index (χ4v) is 3.41. The molecule has 0 spiro atoms. The number of aromatic nitrogens is 2. The highest BCUT2D eigenvalue weighted by molar-refractivity contribution is 7.99. The van der Waals surface area contributed by atoms with Crippen molar-refractivity contribution in [2.45, 2.75) is 24.3 Å². The Morgan fingerprint density at radius 2 is 2.04 bits per heavy atom. The molecule has 2 rings (SSSR count). The summed E-state index contributed by atoms with van der Waals surface area (Å²) >= 11 is 9.10. The monoisotopic (exact) mass is 370 g/mol. The lowest BCUT2D eigenvalue weighted by atomic mass is 10.3. The van der Waals surface area contributed by atoms with E-state index in [4.69, 9.17) is 16.3 Å². The van der Waals surface area contributed by atoms with Gasteiger partial charge in [-0.2, -0.15) is 11.8 Å². The lowest BCUT2D eigenvalue weighted by Crippen LogP contribution is -2.10. The van der Waals surface area contributed by atoms with Crippen molar-refractivity contribution >= 4 is 35.1 Å². The number of halogens is 1. The summed E-state index contributed by atoms with van der Waals surface area (Å²) in [4.78, 5) is 18.9. The molecule has 0 saturated carbocycles. The van der Waals surface area contributed by atoms with E-state index in [9.17, 15) is 4.79 Å². The van der Waals surface area contributed by atoms with Crippen LogP contribution in [0.4, 0.5) is 0 Å². The predicted molar refractivity (Wildman–Crippen MR) is 99.0 cm³/mol. The van der Waals surface area contributed by atoms with Crippen LogP contribution in [0.5, 0.6) is 5.75 Å². The molecule has 7 heteroatoms. The first-order valence-electron chi connectivity index (χ1n) is 7.36. The van der Waals surface area contributed by atoms with Crippen LogP contribution in [0, 0.1) is 0 Å². The number of nitrogens with one attached hydrogen (secondary N) is 1. The third kappa shape index (κ3) is 6.89. The Hall–Kier alpha value is -1.11. The molecule has 0 radical (unpaired) electrons. The van der Waals surface area contributed by atoms with Crippen LogP contribution in [-0.2, 0) is 5.75 Å². The summed E-state index contributed by atoms with van der Waals surface area (Å²) in [6.07, 6.45) is 1.12. The minimum atomic E-state index is -0.104. The normalized spacial score (nSPS) is 10.7. The molecule has 23 heavy (non-hydrogen) atoms. The maximum Gasteiger partial charge on any atom is 0.251 e. The van der Waals surface area contributed by atoms with Crippen molar-refractivity contribution in [1.29, 1.82) is 0 Å². The first-order valence-corrected chi connectivity index (χ1v) is 9.88. The maximum atomic E-state index is 11.7. The molecule has 1 heterocycles. The number of aromatic amines is 1. The van der Waals surface area contributed by atoms with Gasteiger partial charge in [-0.3, -0.25) is 4.79 Å². The summed E-state index contributed by atoms with van der Waals surface area (Å²) in [6.45, 7) is 2.67. The number of hydrogen-bond acceptors (Lipinski definition) is 5. The molecule has 0 amide bonds. The number of H-pyrrole nitrogens is 1. The average Bonchev–Trinajstić information content (AvgIpc) is 2.53. The van der Waals surface area contributed by atoms with E-state index in [2.05, 4.69) is 16.9 Å². The fraction of sp³-hybridized carbons (Fsp3) is 0.375. The molecule has 124 valence electrons. The molecule has 0 unspecified atom stereocenters. The topological polar surface area (TPSA) is 55.0 Å². The zero-order chi connectivity index (χ0) is 16.5. The lowest BCUT2D eigenvalue weighted by molar-refractivity contribution is 0.344. The number of ether oxygens (including phenoxy) is 1. The van der Waals surface area contributed by atoms with E-state index in [0.717, 1.165) is 29.4 Å². The Bertz CT molecular complexity index is 662. The van der Waals surface area contributed by atoms with E-state index >= 15 is 0 Å². The summed E-state index contributed by atoms with van der Waals surface area (Å²) in [6, 6.07) is 8.81. The molecular weight excluding hydrogens is 352 g/mol. The SMILES string of the molecule is CCCSCc1cc(=O)[nH]c(SCCOc2ccc(Cl)cc2)n1. The van der Waals surface area contributed by atoms with Gasteiger partial charge >= 0.3 is 0 Å².